The maximum Gasteiger partial charge on any atom is 0.237 e. The number of amides is 1. The molecule has 1 aromatic carbocycles. The molecule has 0 bridgehead atoms. The van der Waals surface area contributed by atoms with Gasteiger partial charge < -0.3 is 5.32 Å². The molecule has 2 N–H and O–H groups in total. The lowest BCUT2D eigenvalue weighted by Crippen LogP contribution is -2.45. The highest BCUT2D eigenvalue weighted by molar-refractivity contribution is 6.33. The molecular formula is C14H20Cl2N2O. The monoisotopic (exact) mass is 302 g/mol. The predicted octanol–water partition coefficient (Wildman–Crippen LogP) is 3.56. The summed E-state index contributed by atoms with van der Waals surface area (Å²) in [5.41, 5.74) is 0.887. The molecule has 106 valence electrons. The first-order valence-corrected chi connectivity index (χ1v) is 7.08. The summed E-state index contributed by atoms with van der Waals surface area (Å²) in [5, 5.41) is 7.35. The second kappa shape index (κ2) is 7.13. The Bertz CT molecular complexity index is 449. The molecule has 0 aromatic heterocycles. The van der Waals surface area contributed by atoms with Crippen molar-refractivity contribution in [3.63, 3.8) is 0 Å². The van der Waals surface area contributed by atoms with E-state index in [-0.39, 0.29) is 24.0 Å². The minimum Gasteiger partial charge on any atom is -0.353 e. The van der Waals surface area contributed by atoms with E-state index < -0.39 is 0 Å². The Morgan fingerprint density at radius 2 is 1.79 bits per heavy atom. The number of hydrogen-bond donors (Lipinski definition) is 2. The van der Waals surface area contributed by atoms with Crippen molar-refractivity contribution in [2.45, 2.75) is 45.8 Å². The van der Waals surface area contributed by atoms with Crippen LogP contribution in [0.3, 0.4) is 0 Å². The largest absolute Gasteiger partial charge is 0.353 e. The van der Waals surface area contributed by atoms with Crippen molar-refractivity contribution in [3.8, 4) is 0 Å². The van der Waals surface area contributed by atoms with Gasteiger partial charge in [0.15, 0.2) is 0 Å². The summed E-state index contributed by atoms with van der Waals surface area (Å²) >= 11 is 12.1. The second-order valence-corrected chi connectivity index (χ2v) is 5.78. The summed E-state index contributed by atoms with van der Waals surface area (Å²) in [4.78, 5) is 11.8. The van der Waals surface area contributed by atoms with Crippen molar-refractivity contribution < 1.29 is 4.79 Å². The van der Waals surface area contributed by atoms with Crippen LogP contribution in [-0.4, -0.2) is 18.0 Å². The summed E-state index contributed by atoms with van der Waals surface area (Å²) in [6.07, 6.45) is 0. The Balaban J connectivity index is 2.71. The topological polar surface area (TPSA) is 41.1 Å². The molecule has 5 heteroatoms. The Hall–Kier alpha value is -0.770. The van der Waals surface area contributed by atoms with Gasteiger partial charge >= 0.3 is 0 Å². The average molecular weight is 303 g/mol. The van der Waals surface area contributed by atoms with Gasteiger partial charge in [0, 0.05) is 22.1 Å². The van der Waals surface area contributed by atoms with Gasteiger partial charge in [0.2, 0.25) is 5.91 Å². The van der Waals surface area contributed by atoms with E-state index in [2.05, 4.69) is 10.6 Å². The second-order valence-electron chi connectivity index (χ2n) is 4.94. The van der Waals surface area contributed by atoms with Crippen LogP contribution in [-0.2, 0) is 4.79 Å². The Kier molecular flexibility index (Phi) is 6.11. The van der Waals surface area contributed by atoms with Gasteiger partial charge in [0.05, 0.1) is 6.04 Å². The van der Waals surface area contributed by atoms with Crippen LogP contribution in [0.15, 0.2) is 18.2 Å². The van der Waals surface area contributed by atoms with Crippen LogP contribution < -0.4 is 10.6 Å². The van der Waals surface area contributed by atoms with Gasteiger partial charge in [-0.3, -0.25) is 10.1 Å². The Labute approximate surface area is 124 Å². The van der Waals surface area contributed by atoms with Crippen LogP contribution in [0.5, 0.6) is 0 Å². The molecule has 0 heterocycles. The highest BCUT2D eigenvalue weighted by Crippen LogP contribution is 2.26. The summed E-state index contributed by atoms with van der Waals surface area (Å²) in [6.45, 7) is 7.65. The van der Waals surface area contributed by atoms with Crippen LogP contribution in [0.2, 0.25) is 10.0 Å². The zero-order valence-corrected chi connectivity index (χ0v) is 13.1. The lowest BCUT2D eigenvalue weighted by atomic mass is 10.1. The van der Waals surface area contributed by atoms with Gasteiger partial charge in [-0.05, 0) is 51.5 Å². The minimum atomic E-state index is -0.299. The summed E-state index contributed by atoms with van der Waals surface area (Å²) in [6, 6.07) is 5.09. The zero-order valence-electron chi connectivity index (χ0n) is 11.6. The summed E-state index contributed by atoms with van der Waals surface area (Å²) in [5.74, 6) is -0.0278. The molecule has 0 saturated carbocycles. The maximum atomic E-state index is 11.8. The fourth-order valence-corrected chi connectivity index (χ4v) is 2.26. The first-order chi connectivity index (χ1) is 8.81. The molecular weight excluding hydrogens is 283 g/mol. The molecule has 0 saturated heterocycles. The standard InChI is InChI=1S/C14H20Cl2N2O/c1-8(2)17-14(19)10(4)18-9(3)12-7-11(15)5-6-13(12)16/h5-10,18H,1-4H3,(H,17,19). The number of rotatable bonds is 5. The molecule has 1 aromatic rings. The third kappa shape index (κ3) is 5.01. The molecule has 19 heavy (non-hydrogen) atoms. The van der Waals surface area contributed by atoms with Gasteiger partial charge in [-0.2, -0.15) is 0 Å². The van der Waals surface area contributed by atoms with E-state index in [1.807, 2.05) is 33.8 Å². The lowest BCUT2D eigenvalue weighted by Gasteiger charge is -2.22. The predicted molar refractivity (Wildman–Crippen MR) is 80.8 cm³/mol. The number of halogens is 2. The highest BCUT2D eigenvalue weighted by atomic mass is 35.5. The molecule has 0 fully saturated rings. The van der Waals surface area contributed by atoms with Crippen LogP contribution in [0.25, 0.3) is 0 Å². The van der Waals surface area contributed by atoms with E-state index in [9.17, 15) is 4.79 Å². The van der Waals surface area contributed by atoms with Crippen molar-refractivity contribution in [3.05, 3.63) is 33.8 Å². The SMILES string of the molecule is CC(C)NC(=O)C(C)NC(C)c1cc(Cl)ccc1Cl. The van der Waals surface area contributed by atoms with Crippen LogP contribution >= 0.6 is 23.2 Å². The molecule has 0 radical (unpaired) electrons. The van der Waals surface area contributed by atoms with E-state index in [0.29, 0.717) is 10.0 Å². The van der Waals surface area contributed by atoms with Gasteiger partial charge in [-0.1, -0.05) is 23.2 Å². The zero-order chi connectivity index (χ0) is 14.6. The summed E-state index contributed by atoms with van der Waals surface area (Å²) < 4.78 is 0. The minimum absolute atomic E-state index is 0.0278. The molecule has 3 nitrogen and oxygen atoms in total. The number of hydrogen-bond acceptors (Lipinski definition) is 2. The normalized spacial score (nSPS) is 14.3. The van der Waals surface area contributed by atoms with E-state index in [1.54, 1.807) is 12.1 Å². The van der Waals surface area contributed by atoms with Crippen LogP contribution in [0, 0.1) is 0 Å². The van der Waals surface area contributed by atoms with Crippen molar-refractivity contribution >= 4 is 29.1 Å². The first kappa shape index (κ1) is 16.3. The molecule has 0 aliphatic rings. The fraction of sp³-hybridized carbons (Fsp3) is 0.500. The first-order valence-electron chi connectivity index (χ1n) is 6.32. The molecule has 1 amide bonds. The third-order valence-electron chi connectivity index (χ3n) is 2.75. The van der Waals surface area contributed by atoms with Gasteiger partial charge in [-0.15, -0.1) is 0 Å². The van der Waals surface area contributed by atoms with Crippen molar-refractivity contribution in [2.24, 2.45) is 0 Å². The average Bonchev–Trinajstić information content (AvgIpc) is 2.31. The number of benzene rings is 1. The Morgan fingerprint density at radius 1 is 1.16 bits per heavy atom. The fourth-order valence-electron chi connectivity index (χ4n) is 1.80. The van der Waals surface area contributed by atoms with E-state index >= 15 is 0 Å². The van der Waals surface area contributed by atoms with Crippen molar-refractivity contribution in [2.75, 3.05) is 0 Å². The summed E-state index contributed by atoms with van der Waals surface area (Å²) in [7, 11) is 0. The van der Waals surface area contributed by atoms with Crippen molar-refractivity contribution in [1.29, 1.82) is 0 Å². The quantitative estimate of drug-likeness (QED) is 0.873. The third-order valence-corrected chi connectivity index (χ3v) is 3.33. The number of nitrogens with one attached hydrogen (secondary N) is 2. The van der Waals surface area contributed by atoms with Crippen molar-refractivity contribution in [1.82, 2.24) is 10.6 Å². The van der Waals surface area contributed by atoms with Gasteiger partial charge in [-0.25, -0.2) is 0 Å². The molecule has 0 aliphatic heterocycles. The van der Waals surface area contributed by atoms with Gasteiger partial charge in [0.25, 0.3) is 0 Å². The number of carbonyl (C=O) groups is 1. The molecule has 2 unspecified atom stereocenters. The molecule has 0 aliphatic carbocycles. The maximum absolute atomic E-state index is 11.8. The number of carbonyl (C=O) groups excluding carboxylic acids is 1. The van der Waals surface area contributed by atoms with E-state index in [1.165, 1.54) is 0 Å². The van der Waals surface area contributed by atoms with E-state index in [4.69, 9.17) is 23.2 Å². The van der Waals surface area contributed by atoms with Crippen LogP contribution in [0.4, 0.5) is 0 Å². The van der Waals surface area contributed by atoms with Crippen LogP contribution in [0.1, 0.15) is 39.3 Å². The Morgan fingerprint density at radius 3 is 2.37 bits per heavy atom. The molecule has 2 atom stereocenters. The van der Waals surface area contributed by atoms with Gasteiger partial charge in [0.1, 0.15) is 0 Å². The lowest BCUT2D eigenvalue weighted by molar-refractivity contribution is -0.123. The van der Waals surface area contributed by atoms with E-state index in [0.717, 1.165) is 5.56 Å². The smallest absolute Gasteiger partial charge is 0.237 e. The molecule has 1 rings (SSSR count). The molecule has 0 spiro atoms. The highest BCUT2D eigenvalue weighted by Gasteiger charge is 2.18.